The monoisotopic (exact) mass is 197 g/mol. The topological polar surface area (TPSA) is 84.1 Å². The van der Waals surface area contributed by atoms with Gasteiger partial charge in [-0.25, -0.2) is 0 Å². The molecule has 1 aliphatic rings. The van der Waals surface area contributed by atoms with E-state index in [9.17, 15) is 4.79 Å². The van der Waals surface area contributed by atoms with Gasteiger partial charge >= 0.3 is 5.97 Å². The van der Waals surface area contributed by atoms with Crippen LogP contribution >= 0.6 is 0 Å². The number of likely N-dealkylation sites (tertiary alicyclic amines) is 1. The van der Waals surface area contributed by atoms with E-state index in [0.29, 0.717) is 25.5 Å². The van der Waals surface area contributed by atoms with Gasteiger partial charge in [0.25, 0.3) is 0 Å². The Kier molecular flexibility index (Phi) is 2.16. The average Bonchev–Trinajstić information content (AvgIpc) is 2.42. The lowest BCUT2D eigenvalue weighted by Crippen LogP contribution is -2.49. The van der Waals surface area contributed by atoms with Gasteiger partial charge < -0.3 is 5.11 Å². The molecule has 0 unspecified atom stereocenters. The Morgan fingerprint density at radius 3 is 2.86 bits per heavy atom. The molecule has 14 heavy (non-hydrogen) atoms. The smallest absolute Gasteiger partial charge is 0.309 e. The summed E-state index contributed by atoms with van der Waals surface area (Å²) < 4.78 is 0. The summed E-state index contributed by atoms with van der Waals surface area (Å²) in [7, 11) is 1.70. The van der Waals surface area contributed by atoms with Crippen molar-refractivity contribution in [3.8, 4) is 0 Å². The summed E-state index contributed by atoms with van der Waals surface area (Å²) in [5, 5.41) is 20.2. The van der Waals surface area contributed by atoms with Crippen molar-refractivity contribution in [2.24, 2.45) is 13.0 Å². The van der Waals surface area contributed by atoms with Crippen molar-refractivity contribution >= 4 is 5.97 Å². The van der Waals surface area contributed by atoms with Gasteiger partial charge in [0.1, 0.15) is 0 Å². The number of aryl methyl sites for hydroxylation is 1. The number of nitrogens with zero attached hydrogens (tertiary/aromatic N) is 5. The number of rotatable bonds is 3. The molecule has 7 heteroatoms. The lowest BCUT2D eigenvalue weighted by Gasteiger charge is -2.35. The Labute approximate surface area is 80.3 Å². The molecule has 0 spiro atoms. The van der Waals surface area contributed by atoms with E-state index >= 15 is 0 Å². The second kappa shape index (κ2) is 3.33. The zero-order valence-corrected chi connectivity index (χ0v) is 7.79. The van der Waals surface area contributed by atoms with Gasteiger partial charge in [-0.15, -0.1) is 10.2 Å². The summed E-state index contributed by atoms with van der Waals surface area (Å²) in [5.41, 5.74) is 0. The lowest BCUT2D eigenvalue weighted by atomic mass is 10.0. The fourth-order valence-corrected chi connectivity index (χ4v) is 1.44. The van der Waals surface area contributed by atoms with Gasteiger partial charge in [-0.3, -0.25) is 9.69 Å². The van der Waals surface area contributed by atoms with Crippen LogP contribution in [0.3, 0.4) is 0 Å². The molecule has 0 amide bonds. The maximum atomic E-state index is 10.5. The van der Waals surface area contributed by atoms with E-state index in [1.165, 1.54) is 4.80 Å². The maximum Gasteiger partial charge on any atom is 0.309 e. The van der Waals surface area contributed by atoms with Crippen molar-refractivity contribution in [1.82, 2.24) is 25.1 Å². The Hall–Kier alpha value is -1.50. The molecule has 2 rings (SSSR count). The Morgan fingerprint density at radius 2 is 2.36 bits per heavy atom. The number of hydrogen-bond acceptors (Lipinski definition) is 5. The second-order valence-electron chi connectivity index (χ2n) is 3.42. The molecule has 0 atom stereocenters. The number of tetrazole rings is 1. The molecule has 7 nitrogen and oxygen atoms in total. The Morgan fingerprint density at radius 1 is 1.64 bits per heavy atom. The molecular formula is C7H11N5O2. The van der Waals surface area contributed by atoms with Crippen molar-refractivity contribution in [3.63, 3.8) is 0 Å². The number of carboxylic acids is 1. The minimum atomic E-state index is -0.728. The van der Waals surface area contributed by atoms with E-state index in [2.05, 4.69) is 15.4 Å². The quantitative estimate of drug-likeness (QED) is 0.650. The molecule has 2 heterocycles. The SMILES string of the molecule is Cn1nnc(CN2CC(C(=O)O)C2)n1. The summed E-state index contributed by atoms with van der Waals surface area (Å²) in [6.07, 6.45) is 0. The largest absolute Gasteiger partial charge is 0.481 e. The van der Waals surface area contributed by atoms with Crippen LogP contribution in [-0.2, 0) is 18.4 Å². The number of aliphatic carboxylic acids is 1. The molecule has 1 fully saturated rings. The third-order valence-corrected chi connectivity index (χ3v) is 2.22. The fourth-order valence-electron chi connectivity index (χ4n) is 1.44. The molecule has 1 N–H and O–H groups in total. The predicted molar refractivity (Wildman–Crippen MR) is 45.2 cm³/mol. The standard InChI is InChI=1S/C7H11N5O2/c1-11-9-6(8-10-11)4-12-2-5(3-12)7(13)14/h5H,2-4H2,1H3,(H,13,14). The summed E-state index contributed by atoms with van der Waals surface area (Å²) >= 11 is 0. The van der Waals surface area contributed by atoms with Crippen LogP contribution in [0.25, 0.3) is 0 Å². The zero-order chi connectivity index (χ0) is 10.1. The van der Waals surface area contributed by atoms with Gasteiger partial charge in [-0.2, -0.15) is 4.80 Å². The molecule has 0 aromatic carbocycles. The van der Waals surface area contributed by atoms with Gasteiger partial charge in [-0.1, -0.05) is 0 Å². The van der Waals surface area contributed by atoms with E-state index < -0.39 is 5.97 Å². The molecule has 0 bridgehead atoms. The first-order chi connectivity index (χ1) is 6.65. The van der Waals surface area contributed by atoms with Crippen LogP contribution in [0.5, 0.6) is 0 Å². The number of hydrogen-bond donors (Lipinski definition) is 1. The molecule has 1 saturated heterocycles. The number of aromatic nitrogens is 4. The van der Waals surface area contributed by atoms with E-state index in [4.69, 9.17) is 5.11 Å². The van der Waals surface area contributed by atoms with Gasteiger partial charge in [0.2, 0.25) is 0 Å². The van der Waals surface area contributed by atoms with Crippen molar-refractivity contribution in [1.29, 1.82) is 0 Å². The van der Waals surface area contributed by atoms with E-state index in [1.807, 2.05) is 4.90 Å². The number of carboxylic acid groups (broad SMARTS) is 1. The van der Waals surface area contributed by atoms with Crippen LogP contribution in [0.1, 0.15) is 5.82 Å². The summed E-state index contributed by atoms with van der Waals surface area (Å²) in [5.74, 6) is -0.323. The lowest BCUT2D eigenvalue weighted by molar-refractivity contribution is -0.147. The van der Waals surface area contributed by atoms with Crippen LogP contribution in [0.2, 0.25) is 0 Å². The summed E-state index contributed by atoms with van der Waals surface area (Å²) in [6.45, 7) is 1.73. The molecule has 0 aliphatic carbocycles. The van der Waals surface area contributed by atoms with Crippen LogP contribution in [0.4, 0.5) is 0 Å². The zero-order valence-electron chi connectivity index (χ0n) is 7.79. The highest BCUT2D eigenvalue weighted by Crippen LogP contribution is 2.16. The molecule has 76 valence electrons. The van der Waals surface area contributed by atoms with Crippen molar-refractivity contribution in [3.05, 3.63) is 5.82 Å². The molecule has 0 radical (unpaired) electrons. The fraction of sp³-hybridized carbons (Fsp3) is 0.714. The molecule has 1 aromatic rings. The average molecular weight is 197 g/mol. The van der Waals surface area contributed by atoms with Crippen LogP contribution in [0.15, 0.2) is 0 Å². The first kappa shape index (κ1) is 9.07. The van der Waals surface area contributed by atoms with Crippen LogP contribution in [-0.4, -0.2) is 49.3 Å². The molecule has 0 saturated carbocycles. The van der Waals surface area contributed by atoms with Crippen molar-refractivity contribution in [2.45, 2.75) is 6.54 Å². The third-order valence-electron chi connectivity index (χ3n) is 2.22. The Bertz CT molecular complexity index is 344. The maximum absolute atomic E-state index is 10.5. The summed E-state index contributed by atoms with van der Waals surface area (Å²) in [6, 6.07) is 0. The summed E-state index contributed by atoms with van der Waals surface area (Å²) in [4.78, 5) is 13.9. The molecule has 1 aromatic heterocycles. The van der Waals surface area contributed by atoms with Gasteiger partial charge in [0.05, 0.1) is 19.5 Å². The first-order valence-electron chi connectivity index (χ1n) is 4.33. The number of carbonyl (C=O) groups is 1. The minimum Gasteiger partial charge on any atom is -0.481 e. The third kappa shape index (κ3) is 1.72. The molecular weight excluding hydrogens is 186 g/mol. The van der Waals surface area contributed by atoms with Crippen LogP contribution < -0.4 is 0 Å². The van der Waals surface area contributed by atoms with E-state index in [1.54, 1.807) is 7.05 Å². The van der Waals surface area contributed by atoms with Crippen molar-refractivity contribution in [2.75, 3.05) is 13.1 Å². The van der Waals surface area contributed by atoms with E-state index in [0.717, 1.165) is 0 Å². The van der Waals surface area contributed by atoms with Crippen LogP contribution in [0, 0.1) is 5.92 Å². The van der Waals surface area contributed by atoms with Gasteiger partial charge in [0.15, 0.2) is 5.82 Å². The predicted octanol–water partition coefficient (Wildman–Crippen LogP) is -1.27. The highest BCUT2D eigenvalue weighted by molar-refractivity contribution is 5.71. The normalized spacial score (nSPS) is 18.1. The van der Waals surface area contributed by atoms with E-state index in [-0.39, 0.29) is 5.92 Å². The first-order valence-corrected chi connectivity index (χ1v) is 4.33. The highest BCUT2D eigenvalue weighted by atomic mass is 16.4. The van der Waals surface area contributed by atoms with Gasteiger partial charge in [0, 0.05) is 13.1 Å². The van der Waals surface area contributed by atoms with Crippen molar-refractivity contribution < 1.29 is 9.90 Å². The minimum absolute atomic E-state index is 0.230. The Balaban J connectivity index is 1.82. The highest BCUT2D eigenvalue weighted by Gasteiger charge is 2.32. The second-order valence-corrected chi connectivity index (χ2v) is 3.42. The van der Waals surface area contributed by atoms with Gasteiger partial charge in [-0.05, 0) is 5.21 Å². The molecule has 1 aliphatic heterocycles.